The van der Waals surface area contributed by atoms with E-state index in [1.807, 2.05) is 0 Å². The summed E-state index contributed by atoms with van der Waals surface area (Å²) in [6, 6.07) is 0. The first-order valence-electron chi connectivity index (χ1n) is 5.86. The molecule has 0 aromatic carbocycles. The first-order chi connectivity index (χ1) is 8.74. The summed E-state index contributed by atoms with van der Waals surface area (Å²) in [6.07, 6.45) is 2.55. The van der Waals surface area contributed by atoms with Crippen LogP contribution in [-0.4, -0.2) is 44.3 Å². The second-order valence-electron chi connectivity index (χ2n) is 4.42. The average molecular weight is 247 g/mol. The molecule has 0 spiro atoms. The molecule has 94 valence electrons. The zero-order chi connectivity index (χ0) is 12.5. The number of carboxylic acid groups (broad SMARTS) is 1. The number of hydrogen-bond acceptors (Lipinski definition) is 5. The van der Waals surface area contributed by atoms with Crippen molar-refractivity contribution in [3.63, 3.8) is 0 Å². The predicted molar refractivity (Wildman–Crippen MR) is 63.3 cm³/mol. The van der Waals surface area contributed by atoms with Gasteiger partial charge in [-0.15, -0.1) is 0 Å². The third-order valence-electron chi connectivity index (χ3n) is 3.17. The van der Waals surface area contributed by atoms with Crippen LogP contribution in [0.15, 0.2) is 6.20 Å². The molecule has 0 aliphatic carbocycles. The van der Waals surface area contributed by atoms with Gasteiger partial charge in [-0.3, -0.25) is 9.89 Å². The molecule has 1 saturated heterocycles. The van der Waals surface area contributed by atoms with Gasteiger partial charge in [0.2, 0.25) is 0 Å². The molecule has 3 heterocycles. The summed E-state index contributed by atoms with van der Waals surface area (Å²) in [6.45, 7) is 1.93. The summed E-state index contributed by atoms with van der Waals surface area (Å²) in [4.78, 5) is 18.8. The molecule has 0 bridgehead atoms. The fourth-order valence-corrected chi connectivity index (χ4v) is 2.29. The Bertz CT molecular complexity index is 588. The van der Waals surface area contributed by atoms with Crippen LogP contribution in [-0.2, 0) is 11.2 Å². The molecule has 2 aromatic rings. The smallest absolute Gasteiger partial charge is 0.311 e. The van der Waals surface area contributed by atoms with Crippen LogP contribution in [0.2, 0.25) is 0 Å². The summed E-state index contributed by atoms with van der Waals surface area (Å²) in [7, 11) is 0. The van der Waals surface area contributed by atoms with E-state index in [1.54, 1.807) is 6.20 Å². The van der Waals surface area contributed by atoms with E-state index in [-0.39, 0.29) is 12.2 Å². The molecule has 1 fully saturated rings. The van der Waals surface area contributed by atoms with Crippen LogP contribution >= 0.6 is 0 Å². The molecule has 1 aliphatic heterocycles. The third-order valence-corrected chi connectivity index (χ3v) is 3.17. The molecule has 7 heteroatoms. The highest BCUT2D eigenvalue weighted by molar-refractivity contribution is 5.78. The number of carbonyl (C=O) groups is 1. The Morgan fingerprint density at radius 3 is 3.17 bits per heavy atom. The average Bonchev–Trinajstić information content (AvgIpc) is 2.94. The van der Waals surface area contributed by atoms with Crippen molar-refractivity contribution in [1.29, 1.82) is 0 Å². The van der Waals surface area contributed by atoms with Crippen LogP contribution in [0.3, 0.4) is 0 Å². The van der Waals surface area contributed by atoms with Gasteiger partial charge in [-0.05, 0) is 13.0 Å². The van der Waals surface area contributed by atoms with E-state index >= 15 is 0 Å². The topological polar surface area (TPSA) is 104 Å². The lowest BCUT2D eigenvalue weighted by Crippen LogP contribution is -2.08. The van der Waals surface area contributed by atoms with Crippen molar-refractivity contribution in [1.82, 2.24) is 25.5 Å². The molecular formula is C11H13N5O2. The number of carboxylic acids is 1. The van der Waals surface area contributed by atoms with E-state index in [9.17, 15) is 4.79 Å². The van der Waals surface area contributed by atoms with Gasteiger partial charge in [0.15, 0.2) is 5.65 Å². The number of fused-ring (bicyclic) bond motifs is 1. The van der Waals surface area contributed by atoms with E-state index in [2.05, 4.69) is 25.5 Å². The van der Waals surface area contributed by atoms with Crippen molar-refractivity contribution in [3.05, 3.63) is 17.7 Å². The highest BCUT2D eigenvalue weighted by Gasteiger charge is 2.21. The maximum absolute atomic E-state index is 10.6. The Morgan fingerprint density at radius 1 is 1.56 bits per heavy atom. The van der Waals surface area contributed by atoms with Gasteiger partial charge in [-0.2, -0.15) is 5.10 Å². The largest absolute Gasteiger partial charge is 0.481 e. The van der Waals surface area contributed by atoms with Crippen LogP contribution in [0, 0.1) is 0 Å². The first kappa shape index (κ1) is 11.1. The van der Waals surface area contributed by atoms with E-state index in [4.69, 9.17) is 5.11 Å². The number of rotatable bonds is 3. The number of aromatic amines is 1. The van der Waals surface area contributed by atoms with Gasteiger partial charge in [0.05, 0.1) is 11.1 Å². The normalized spacial score (nSPS) is 19.4. The van der Waals surface area contributed by atoms with Gasteiger partial charge in [-0.25, -0.2) is 9.97 Å². The van der Waals surface area contributed by atoms with Gasteiger partial charge in [0.25, 0.3) is 0 Å². The van der Waals surface area contributed by atoms with Crippen molar-refractivity contribution >= 4 is 17.0 Å². The van der Waals surface area contributed by atoms with Crippen molar-refractivity contribution in [3.8, 4) is 0 Å². The Hall–Kier alpha value is -2.02. The van der Waals surface area contributed by atoms with Crippen molar-refractivity contribution < 1.29 is 9.90 Å². The molecule has 3 N–H and O–H groups in total. The number of nitrogens with one attached hydrogen (secondary N) is 2. The molecule has 0 amide bonds. The standard InChI is InChI=1S/C11H13N5O2/c17-9(18)3-8-13-5-7-10(6-1-2-12-4-6)15-16-11(7)14-8/h5-6,12H,1-4H2,(H,17,18)(H,13,14,15,16). The van der Waals surface area contributed by atoms with Crippen LogP contribution in [0.25, 0.3) is 11.0 Å². The van der Waals surface area contributed by atoms with E-state index in [0.29, 0.717) is 11.6 Å². The highest BCUT2D eigenvalue weighted by Crippen LogP contribution is 2.26. The maximum Gasteiger partial charge on any atom is 0.311 e. The Morgan fingerprint density at radius 2 is 2.44 bits per heavy atom. The minimum absolute atomic E-state index is 0.177. The number of nitrogens with zero attached hydrogens (tertiary/aromatic N) is 3. The van der Waals surface area contributed by atoms with Crippen molar-refractivity contribution in [2.24, 2.45) is 0 Å². The van der Waals surface area contributed by atoms with E-state index < -0.39 is 5.97 Å². The van der Waals surface area contributed by atoms with Crippen molar-refractivity contribution in [2.45, 2.75) is 18.8 Å². The van der Waals surface area contributed by atoms with E-state index in [1.165, 1.54) is 0 Å². The Balaban J connectivity index is 1.96. The third kappa shape index (κ3) is 1.92. The molecule has 18 heavy (non-hydrogen) atoms. The van der Waals surface area contributed by atoms with Gasteiger partial charge in [-0.1, -0.05) is 0 Å². The first-order valence-corrected chi connectivity index (χ1v) is 5.86. The summed E-state index contributed by atoms with van der Waals surface area (Å²) in [5.41, 5.74) is 1.58. The molecular weight excluding hydrogens is 234 g/mol. The summed E-state index contributed by atoms with van der Waals surface area (Å²) in [5.74, 6) is -0.244. The van der Waals surface area contributed by atoms with Crippen LogP contribution in [0.4, 0.5) is 0 Å². The fourth-order valence-electron chi connectivity index (χ4n) is 2.29. The molecule has 0 saturated carbocycles. The second-order valence-corrected chi connectivity index (χ2v) is 4.42. The summed E-state index contributed by atoms with van der Waals surface area (Å²) in [5, 5.41) is 20.0. The van der Waals surface area contributed by atoms with Crippen LogP contribution in [0.1, 0.15) is 23.9 Å². The van der Waals surface area contributed by atoms with Gasteiger partial charge >= 0.3 is 5.97 Å². The van der Waals surface area contributed by atoms with Gasteiger partial charge in [0, 0.05) is 18.7 Å². The van der Waals surface area contributed by atoms with E-state index in [0.717, 1.165) is 30.6 Å². The second kappa shape index (κ2) is 4.34. The molecule has 1 atom stereocenters. The molecule has 0 radical (unpaired) electrons. The Labute approximate surface area is 103 Å². The monoisotopic (exact) mass is 247 g/mol. The lowest BCUT2D eigenvalue weighted by molar-refractivity contribution is -0.136. The quantitative estimate of drug-likeness (QED) is 0.708. The maximum atomic E-state index is 10.6. The SMILES string of the molecule is O=C(O)Cc1ncc2c(C3CCNC3)[nH]nc2n1. The predicted octanol–water partition coefficient (Wildman–Crippen LogP) is 0.0569. The molecule has 1 aliphatic rings. The minimum Gasteiger partial charge on any atom is -0.481 e. The fraction of sp³-hybridized carbons (Fsp3) is 0.455. The number of hydrogen-bond donors (Lipinski definition) is 3. The van der Waals surface area contributed by atoms with Gasteiger partial charge in [0.1, 0.15) is 12.2 Å². The highest BCUT2D eigenvalue weighted by atomic mass is 16.4. The summed E-state index contributed by atoms with van der Waals surface area (Å²) >= 11 is 0. The zero-order valence-corrected chi connectivity index (χ0v) is 9.68. The molecule has 1 unspecified atom stereocenters. The number of H-pyrrole nitrogens is 1. The molecule has 7 nitrogen and oxygen atoms in total. The zero-order valence-electron chi connectivity index (χ0n) is 9.68. The summed E-state index contributed by atoms with van der Waals surface area (Å²) < 4.78 is 0. The number of aromatic nitrogens is 4. The molecule has 3 rings (SSSR count). The minimum atomic E-state index is -0.940. The molecule has 2 aromatic heterocycles. The van der Waals surface area contributed by atoms with Crippen LogP contribution < -0.4 is 5.32 Å². The lowest BCUT2D eigenvalue weighted by atomic mass is 10.0. The lowest BCUT2D eigenvalue weighted by Gasteiger charge is -2.04. The van der Waals surface area contributed by atoms with Gasteiger partial charge < -0.3 is 10.4 Å². The van der Waals surface area contributed by atoms with Crippen LogP contribution in [0.5, 0.6) is 0 Å². The Kier molecular flexibility index (Phi) is 2.67. The van der Waals surface area contributed by atoms with Crippen molar-refractivity contribution in [2.75, 3.05) is 13.1 Å². The number of aliphatic carboxylic acids is 1.